The summed E-state index contributed by atoms with van der Waals surface area (Å²) < 4.78 is 20.0. The molecule has 1 aromatic carbocycles. The van der Waals surface area contributed by atoms with Gasteiger partial charge < -0.3 is 15.0 Å². The standard InChI is InChI=1S/C27H27FN8O3/c1-2-29-26(37)34-25-32-22-11-17(10-20(24(22)33-25)23-21(28)4-3-7-30-23)16-5-6-18(31-12-16)13-35-8-9-36-19(14-35)15-39-27(36)38/h3-7,10-12,19H,2,8-9,13-15H2,1H3,(H3,29,32,33,34,37). The summed E-state index contributed by atoms with van der Waals surface area (Å²) in [5.74, 6) is -0.228. The van der Waals surface area contributed by atoms with Crippen LogP contribution in [0.25, 0.3) is 33.4 Å². The van der Waals surface area contributed by atoms with E-state index in [0.29, 0.717) is 42.8 Å². The van der Waals surface area contributed by atoms with Crippen LogP contribution in [0.3, 0.4) is 0 Å². The molecule has 200 valence electrons. The van der Waals surface area contributed by atoms with Gasteiger partial charge in [-0.1, -0.05) is 6.07 Å². The molecule has 0 radical (unpaired) electrons. The average Bonchev–Trinajstić information content (AvgIpc) is 3.51. The van der Waals surface area contributed by atoms with E-state index in [4.69, 9.17) is 4.74 Å². The smallest absolute Gasteiger partial charge is 0.410 e. The summed E-state index contributed by atoms with van der Waals surface area (Å²) in [7, 11) is 0. The number of nitrogens with one attached hydrogen (secondary N) is 3. The van der Waals surface area contributed by atoms with E-state index in [1.165, 1.54) is 18.3 Å². The van der Waals surface area contributed by atoms with Crippen LogP contribution >= 0.6 is 0 Å². The lowest BCUT2D eigenvalue weighted by atomic mass is 10.0. The van der Waals surface area contributed by atoms with Crippen LogP contribution in [0.1, 0.15) is 12.6 Å². The minimum absolute atomic E-state index is 0.0875. The SMILES string of the molecule is CCNC(=O)Nc1nc2c(-c3ncccc3F)cc(-c3ccc(CN4CCN5C(=O)OCC5C4)nc3)cc2[nH]1. The molecule has 1 unspecified atom stereocenters. The van der Waals surface area contributed by atoms with Crippen LogP contribution < -0.4 is 10.6 Å². The Balaban J connectivity index is 1.28. The fraction of sp³-hybridized carbons (Fsp3) is 0.296. The Morgan fingerprint density at radius 2 is 2.10 bits per heavy atom. The number of pyridine rings is 2. The van der Waals surface area contributed by atoms with Crippen molar-refractivity contribution in [3.63, 3.8) is 0 Å². The first-order valence-electron chi connectivity index (χ1n) is 12.8. The number of aromatic amines is 1. The van der Waals surface area contributed by atoms with Gasteiger partial charge >= 0.3 is 12.1 Å². The van der Waals surface area contributed by atoms with Gasteiger partial charge in [0.05, 0.1) is 17.3 Å². The maximum absolute atomic E-state index is 14.8. The topological polar surface area (TPSA) is 128 Å². The van der Waals surface area contributed by atoms with Crippen molar-refractivity contribution in [2.24, 2.45) is 0 Å². The number of halogens is 1. The first-order valence-corrected chi connectivity index (χ1v) is 12.8. The molecule has 2 saturated heterocycles. The van der Waals surface area contributed by atoms with Crippen molar-refractivity contribution in [1.29, 1.82) is 0 Å². The number of imidazole rings is 1. The van der Waals surface area contributed by atoms with Crippen LogP contribution in [-0.4, -0.2) is 80.7 Å². The lowest BCUT2D eigenvalue weighted by Gasteiger charge is -2.35. The molecule has 2 aliphatic heterocycles. The second-order valence-electron chi connectivity index (χ2n) is 9.52. The summed E-state index contributed by atoms with van der Waals surface area (Å²) in [4.78, 5) is 44.4. The molecule has 0 spiro atoms. The van der Waals surface area contributed by atoms with Gasteiger partial charge in [-0.25, -0.2) is 19.0 Å². The van der Waals surface area contributed by atoms with Gasteiger partial charge in [0.1, 0.15) is 23.6 Å². The molecule has 0 aliphatic carbocycles. The number of piperazine rings is 1. The summed E-state index contributed by atoms with van der Waals surface area (Å²) >= 11 is 0. The molecular formula is C27H27FN8O3. The second-order valence-corrected chi connectivity index (χ2v) is 9.52. The number of cyclic esters (lactones) is 1. The number of aromatic nitrogens is 4. The molecule has 6 rings (SSSR count). The maximum Gasteiger partial charge on any atom is 0.410 e. The predicted octanol–water partition coefficient (Wildman–Crippen LogP) is 3.60. The predicted molar refractivity (Wildman–Crippen MR) is 142 cm³/mol. The minimum Gasteiger partial charge on any atom is -0.447 e. The summed E-state index contributed by atoms with van der Waals surface area (Å²) in [6.07, 6.45) is 3.09. The lowest BCUT2D eigenvalue weighted by molar-refractivity contribution is 0.114. The quantitative estimate of drug-likeness (QED) is 0.347. The van der Waals surface area contributed by atoms with Gasteiger partial charge in [0, 0.05) is 56.2 Å². The molecule has 0 bridgehead atoms. The normalized spacial score (nSPS) is 17.2. The van der Waals surface area contributed by atoms with E-state index in [1.54, 1.807) is 11.1 Å². The van der Waals surface area contributed by atoms with Crippen molar-refractivity contribution >= 4 is 29.1 Å². The monoisotopic (exact) mass is 530 g/mol. The fourth-order valence-corrected chi connectivity index (χ4v) is 5.03. The van der Waals surface area contributed by atoms with Crippen molar-refractivity contribution in [2.45, 2.75) is 19.5 Å². The zero-order valence-corrected chi connectivity index (χ0v) is 21.3. The third-order valence-electron chi connectivity index (χ3n) is 6.91. The molecule has 1 atom stereocenters. The van der Waals surface area contributed by atoms with Crippen LogP contribution in [0, 0.1) is 5.82 Å². The van der Waals surface area contributed by atoms with E-state index in [-0.39, 0.29) is 23.8 Å². The number of carbonyl (C=O) groups is 2. The van der Waals surface area contributed by atoms with E-state index in [0.717, 1.165) is 29.9 Å². The molecule has 0 saturated carbocycles. The van der Waals surface area contributed by atoms with Crippen LogP contribution in [0.5, 0.6) is 0 Å². The highest BCUT2D eigenvalue weighted by Crippen LogP contribution is 2.34. The summed E-state index contributed by atoms with van der Waals surface area (Å²) in [5.41, 5.74) is 4.31. The van der Waals surface area contributed by atoms with Gasteiger partial charge in [-0.2, -0.15) is 0 Å². The molecule has 2 fully saturated rings. The van der Waals surface area contributed by atoms with E-state index in [2.05, 4.69) is 35.5 Å². The largest absolute Gasteiger partial charge is 0.447 e. The Hall–Kier alpha value is -4.58. The highest BCUT2D eigenvalue weighted by Gasteiger charge is 2.37. The van der Waals surface area contributed by atoms with E-state index in [9.17, 15) is 14.0 Å². The lowest BCUT2D eigenvalue weighted by Crippen LogP contribution is -2.51. The number of anilines is 1. The molecule has 3 amide bonds. The number of hydrogen-bond donors (Lipinski definition) is 3. The van der Waals surface area contributed by atoms with Gasteiger partial charge in [0.25, 0.3) is 0 Å². The van der Waals surface area contributed by atoms with E-state index < -0.39 is 11.8 Å². The van der Waals surface area contributed by atoms with E-state index >= 15 is 0 Å². The van der Waals surface area contributed by atoms with Gasteiger partial charge in [-0.05, 0) is 42.8 Å². The van der Waals surface area contributed by atoms with Gasteiger partial charge in [-0.3, -0.25) is 25.1 Å². The Kier molecular flexibility index (Phi) is 6.53. The Morgan fingerprint density at radius 1 is 1.21 bits per heavy atom. The van der Waals surface area contributed by atoms with Gasteiger partial charge in [-0.15, -0.1) is 0 Å². The number of fused-ring (bicyclic) bond motifs is 2. The van der Waals surface area contributed by atoms with Crippen molar-refractivity contribution < 1.29 is 18.7 Å². The summed E-state index contributed by atoms with van der Waals surface area (Å²) in [5, 5.41) is 5.33. The second kappa shape index (κ2) is 10.3. The number of amides is 3. The Bertz CT molecular complexity index is 1540. The summed E-state index contributed by atoms with van der Waals surface area (Å²) in [6.45, 7) is 5.53. The highest BCUT2D eigenvalue weighted by molar-refractivity contribution is 5.98. The minimum atomic E-state index is -0.472. The van der Waals surface area contributed by atoms with Crippen LogP contribution in [-0.2, 0) is 11.3 Å². The Morgan fingerprint density at radius 3 is 2.90 bits per heavy atom. The molecule has 5 heterocycles. The molecule has 4 aromatic rings. The van der Waals surface area contributed by atoms with E-state index in [1.807, 2.05) is 31.2 Å². The number of H-pyrrole nitrogens is 1. The van der Waals surface area contributed by atoms with Crippen molar-refractivity contribution in [3.05, 3.63) is 60.3 Å². The summed E-state index contributed by atoms with van der Waals surface area (Å²) in [6, 6.07) is 10.3. The molecule has 11 nitrogen and oxygen atoms in total. The number of rotatable bonds is 6. The third kappa shape index (κ3) is 4.98. The zero-order valence-electron chi connectivity index (χ0n) is 21.3. The van der Waals surface area contributed by atoms with Crippen molar-refractivity contribution in [1.82, 2.24) is 35.1 Å². The fourth-order valence-electron chi connectivity index (χ4n) is 5.03. The number of hydrogen-bond acceptors (Lipinski definition) is 7. The molecule has 3 N–H and O–H groups in total. The number of urea groups is 1. The van der Waals surface area contributed by atoms with Crippen molar-refractivity contribution in [3.8, 4) is 22.4 Å². The molecular weight excluding hydrogens is 503 g/mol. The molecule has 2 aliphatic rings. The van der Waals surface area contributed by atoms with Crippen LogP contribution in [0.2, 0.25) is 0 Å². The van der Waals surface area contributed by atoms with Crippen LogP contribution in [0.4, 0.5) is 19.9 Å². The van der Waals surface area contributed by atoms with Crippen LogP contribution in [0.15, 0.2) is 48.8 Å². The third-order valence-corrected chi connectivity index (χ3v) is 6.91. The van der Waals surface area contributed by atoms with Crippen molar-refractivity contribution in [2.75, 3.05) is 38.1 Å². The number of benzene rings is 1. The van der Waals surface area contributed by atoms with Gasteiger partial charge in [0.15, 0.2) is 0 Å². The zero-order chi connectivity index (χ0) is 26.9. The molecule has 3 aromatic heterocycles. The average molecular weight is 531 g/mol. The maximum atomic E-state index is 14.8. The van der Waals surface area contributed by atoms with Gasteiger partial charge in [0.2, 0.25) is 5.95 Å². The first-order chi connectivity index (χ1) is 19.0. The number of nitrogens with zero attached hydrogens (tertiary/aromatic N) is 5. The molecule has 12 heteroatoms. The first kappa shape index (κ1) is 24.7. The highest BCUT2D eigenvalue weighted by atomic mass is 19.1. The number of carbonyl (C=O) groups excluding carboxylic acids is 2. The Labute approximate surface area is 223 Å². The molecule has 39 heavy (non-hydrogen) atoms. The number of ether oxygens (including phenoxy) is 1.